The van der Waals surface area contributed by atoms with Gasteiger partial charge in [-0.25, -0.2) is 0 Å². The number of aromatic nitrogens is 2. The second kappa shape index (κ2) is 9.07. The van der Waals surface area contributed by atoms with Gasteiger partial charge in [0.05, 0.1) is 17.0 Å². The van der Waals surface area contributed by atoms with Gasteiger partial charge in [0.2, 0.25) is 11.0 Å². The maximum absolute atomic E-state index is 13.0. The molecule has 0 saturated heterocycles. The molecule has 0 fully saturated rings. The molecule has 1 amide bonds. The van der Waals surface area contributed by atoms with E-state index in [1.165, 1.54) is 29.5 Å². The zero-order valence-electron chi connectivity index (χ0n) is 14.4. The van der Waals surface area contributed by atoms with Gasteiger partial charge in [0.25, 0.3) is 0 Å². The van der Waals surface area contributed by atoms with Gasteiger partial charge in [-0.3, -0.25) is 4.79 Å². The topological polar surface area (TPSA) is 66.9 Å². The predicted octanol–water partition coefficient (Wildman–Crippen LogP) is 4.90. The molecule has 2 N–H and O–H groups in total. The number of halogens is 3. The van der Waals surface area contributed by atoms with E-state index >= 15 is 0 Å². The molecule has 0 saturated carbocycles. The fourth-order valence-electron chi connectivity index (χ4n) is 2.27. The average molecular weight is 424 g/mol. The maximum Gasteiger partial charge on any atom is 0.418 e. The molecule has 3 rings (SSSR count). The second-order valence-corrected chi connectivity index (χ2v) is 7.79. The molecule has 1 aromatic heterocycles. The van der Waals surface area contributed by atoms with Gasteiger partial charge in [-0.15, -0.1) is 10.2 Å². The number of carbonyl (C=O) groups excluding carboxylic acids is 1. The van der Waals surface area contributed by atoms with E-state index in [2.05, 4.69) is 20.8 Å². The fraction of sp³-hybridized carbons (Fsp3) is 0.167. The van der Waals surface area contributed by atoms with Gasteiger partial charge in [0.1, 0.15) is 0 Å². The van der Waals surface area contributed by atoms with E-state index in [4.69, 9.17) is 0 Å². The Kier molecular flexibility index (Phi) is 6.53. The highest BCUT2D eigenvalue weighted by molar-refractivity contribution is 8.01. The van der Waals surface area contributed by atoms with Crippen LogP contribution in [0.3, 0.4) is 0 Å². The molecule has 0 radical (unpaired) electrons. The number of para-hydroxylation sites is 1. The number of anilines is 2. The molecule has 0 aliphatic carbocycles. The van der Waals surface area contributed by atoms with Crippen LogP contribution in [0.2, 0.25) is 0 Å². The second-order valence-electron chi connectivity index (χ2n) is 5.59. The van der Waals surface area contributed by atoms with Crippen LogP contribution in [0.5, 0.6) is 0 Å². The Morgan fingerprint density at radius 2 is 1.75 bits per heavy atom. The third-order valence-electron chi connectivity index (χ3n) is 3.53. The van der Waals surface area contributed by atoms with Crippen molar-refractivity contribution in [2.45, 2.75) is 17.1 Å². The lowest BCUT2D eigenvalue weighted by atomic mass is 10.1. The molecule has 0 unspecified atom stereocenters. The Labute approximate surface area is 167 Å². The predicted molar refractivity (Wildman–Crippen MR) is 104 cm³/mol. The third-order valence-corrected chi connectivity index (χ3v) is 5.54. The quantitative estimate of drug-likeness (QED) is 0.528. The summed E-state index contributed by atoms with van der Waals surface area (Å²) in [4.78, 5) is 12.0. The molecule has 0 atom stereocenters. The Morgan fingerprint density at radius 1 is 1.04 bits per heavy atom. The van der Waals surface area contributed by atoms with Crippen LogP contribution in [0.15, 0.2) is 58.9 Å². The highest BCUT2D eigenvalue weighted by atomic mass is 32.2. The Balaban J connectivity index is 1.51. The van der Waals surface area contributed by atoms with Gasteiger partial charge in [0, 0.05) is 6.54 Å². The van der Waals surface area contributed by atoms with E-state index in [1.807, 2.05) is 30.3 Å². The molecule has 0 bridgehead atoms. The van der Waals surface area contributed by atoms with Crippen LogP contribution >= 0.6 is 23.1 Å². The summed E-state index contributed by atoms with van der Waals surface area (Å²) in [6.07, 6.45) is -4.53. The van der Waals surface area contributed by atoms with Gasteiger partial charge in [0.15, 0.2) is 4.34 Å². The lowest BCUT2D eigenvalue weighted by Crippen LogP contribution is -2.18. The summed E-state index contributed by atoms with van der Waals surface area (Å²) in [7, 11) is 0. The summed E-state index contributed by atoms with van der Waals surface area (Å²) in [6, 6.07) is 14.6. The molecule has 0 aliphatic heterocycles. The minimum Gasteiger partial charge on any atom is -0.356 e. The molecule has 1 heterocycles. The standard InChI is InChI=1S/C18H15F3N4OS2/c19-18(20,21)13-8-4-5-9-14(13)23-15(26)11-27-17-25-24-16(28-17)22-10-12-6-2-1-3-7-12/h1-9H,10-11H2,(H,22,24)(H,23,26). The van der Waals surface area contributed by atoms with E-state index in [9.17, 15) is 18.0 Å². The molecule has 5 nitrogen and oxygen atoms in total. The van der Waals surface area contributed by atoms with Crippen molar-refractivity contribution >= 4 is 39.8 Å². The summed E-state index contributed by atoms with van der Waals surface area (Å²) >= 11 is 2.39. The lowest BCUT2D eigenvalue weighted by Gasteiger charge is -2.13. The van der Waals surface area contributed by atoms with Crippen LogP contribution in [0.25, 0.3) is 0 Å². The average Bonchev–Trinajstić information content (AvgIpc) is 3.13. The molecular weight excluding hydrogens is 409 g/mol. The minimum absolute atomic E-state index is 0.0699. The van der Waals surface area contributed by atoms with E-state index in [1.54, 1.807) is 0 Å². The van der Waals surface area contributed by atoms with Crippen LogP contribution in [0, 0.1) is 0 Å². The zero-order chi connectivity index (χ0) is 20.0. The number of rotatable bonds is 7. The normalized spacial score (nSPS) is 11.2. The summed E-state index contributed by atoms with van der Waals surface area (Å²) in [5, 5.41) is 14.0. The number of nitrogens with one attached hydrogen (secondary N) is 2. The minimum atomic E-state index is -4.53. The summed E-state index contributed by atoms with van der Waals surface area (Å²) in [6.45, 7) is 0.592. The smallest absolute Gasteiger partial charge is 0.356 e. The lowest BCUT2D eigenvalue weighted by molar-refractivity contribution is -0.137. The van der Waals surface area contributed by atoms with Gasteiger partial charge in [-0.05, 0) is 17.7 Å². The number of hydrogen-bond donors (Lipinski definition) is 2. The van der Waals surface area contributed by atoms with Crippen molar-refractivity contribution in [1.29, 1.82) is 0 Å². The van der Waals surface area contributed by atoms with Crippen molar-refractivity contribution in [3.63, 3.8) is 0 Å². The van der Waals surface area contributed by atoms with E-state index < -0.39 is 17.6 Å². The Bertz CT molecular complexity index is 932. The molecule has 0 spiro atoms. The molecular formula is C18H15F3N4OS2. The number of benzene rings is 2. The summed E-state index contributed by atoms with van der Waals surface area (Å²) in [5.74, 6) is -0.616. The molecule has 28 heavy (non-hydrogen) atoms. The van der Waals surface area contributed by atoms with Crippen molar-refractivity contribution in [2.24, 2.45) is 0 Å². The third kappa shape index (κ3) is 5.70. The maximum atomic E-state index is 13.0. The van der Waals surface area contributed by atoms with E-state index in [0.717, 1.165) is 23.4 Å². The summed E-state index contributed by atoms with van der Waals surface area (Å²) < 4.78 is 39.5. The summed E-state index contributed by atoms with van der Waals surface area (Å²) in [5.41, 5.74) is -0.0469. The van der Waals surface area contributed by atoms with Crippen LogP contribution in [-0.2, 0) is 17.5 Å². The molecule has 2 aromatic carbocycles. The van der Waals surface area contributed by atoms with E-state index in [0.29, 0.717) is 16.0 Å². The van der Waals surface area contributed by atoms with Gasteiger partial charge in [-0.1, -0.05) is 65.6 Å². The van der Waals surface area contributed by atoms with Crippen LogP contribution in [-0.4, -0.2) is 21.9 Å². The number of nitrogens with zero attached hydrogens (tertiary/aromatic N) is 2. The highest BCUT2D eigenvalue weighted by Crippen LogP contribution is 2.34. The Morgan fingerprint density at radius 3 is 2.50 bits per heavy atom. The van der Waals surface area contributed by atoms with Crippen LogP contribution in [0.4, 0.5) is 24.0 Å². The first-order chi connectivity index (χ1) is 13.4. The monoisotopic (exact) mass is 424 g/mol. The van der Waals surface area contributed by atoms with Crippen molar-refractivity contribution < 1.29 is 18.0 Å². The fourth-order valence-corrected chi connectivity index (χ4v) is 3.81. The molecule has 3 aromatic rings. The number of alkyl halides is 3. The van der Waals surface area contributed by atoms with Crippen molar-refractivity contribution in [1.82, 2.24) is 10.2 Å². The van der Waals surface area contributed by atoms with Crippen molar-refractivity contribution in [3.8, 4) is 0 Å². The number of thioether (sulfide) groups is 1. The number of amides is 1. The SMILES string of the molecule is O=C(CSc1nnc(NCc2ccccc2)s1)Nc1ccccc1C(F)(F)F. The highest BCUT2D eigenvalue weighted by Gasteiger charge is 2.33. The zero-order valence-corrected chi connectivity index (χ0v) is 16.0. The molecule has 146 valence electrons. The largest absolute Gasteiger partial charge is 0.418 e. The van der Waals surface area contributed by atoms with Crippen LogP contribution in [0.1, 0.15) is 11.1 Å². The van der Waals surface area contributed by atoms with Gasteiger partial charge in [-0.2, -0.15) is 13.2 Å². The number of hydrogen-bond acceptors (Lipinski definition) is 6. The Hall–Kier alpha value is -2.59. The number of carbonyl (C=O) groups is 1. The molecule has 0 aliphatic rings. The van der Waals surface area contributed by atoms with Crippen molar-refractivity contribution in [2.75, 3.05) is 16.4 Å². The first-order valence-electron chi connectivity index (χ1n) is 8.12. The van der Waals surface area contributed by atoms with Gasteiger partial charge >= 0.3 is 6.18 Å². The molecule has 10 heteroatoms. The van der Waals surface area contributed by atoms with Crippen LogP contribution < -0.4 is 10.6 Å². The first kappa shape index (κ1) is 20.2. The first-order valence-corrected chi connectivity index (χ1v) is 9.92. The van der Waals surface area contributed by atoms with E-state index in [-0.39, 0.29) is 11.4 Å². The van der Waals surface area contributed by atoms with Crippen molar-refractivity contribution in [3.05, 3.63) is 65.7 Å². The van der Waals surface area contributed by atoms with Gasteiger partial charge < -0.3 is 10.6 Å².